The minimum atomic E-state index is 0.101. The number of nitrogens with zero attached hydrogens (tertiary/aromatic N) is 1. The summed E-state index contributed by atoms with van der Waals surface area (Å²) in [5.41, 5.74) is 9.15. The molecule has 1 rings (SSSR count). The lowest BCUT2D eigenvalue weighted by molar-refractivity contribution is 0.452. The molecule has 94 valence electrons. The molecule has 0 radical (unpaired) electrons. The fraction of sp³-hybridized carbons (Fsp3) is 0.500. The molecule has 0 bridgehead atoms. The third-order valence-corrected chi connectivity index (χ3v) is 2.48. The van der Waals surface area contributed by atoms with E-state index in [1.165, 1.54) is 5.57 Å². The van der Waals surface area contributed by atoms with Crippen molar-refractivity contribution in [2.45, 2.75) is 40.2 Å². The number of aromatic nitrogens is 1. The van der Waals surface area contributed by atoms with Crippen LogP contribution in [0.25, 0.3) is 5.57 Å². The molecule has 1 aromatic heterocycles. The van der Waals surface area contributed by atoms with Crippen molar-refractivity contribution >= 4 is 11.4 Å². The molecule has 0 unspecified atom stereocenters. The Bertz CT molecular complexity index is 394. The maximum absolute atomic E-state index is 5.78. The molecule has 3 N–H and O–H groups in total. The molecule has 0 spiro atoms. The summed E-state index contributed by atoms with van der Waals surface area (Å²) < 4.78 is 0. The van der Waals surface area contributed by atoms with Crippen LogP contribution in [-0.4, -0.2) is 17.1 Å². The molecule has 0 fully saturated rings. The topological polar surface area (TPSA) is 50.9 Å². The molecule has 17 heavy (non-hydrogen) atoms. The van der Waals surface area contributed by atoms with E-state index >= 15 is 0 Å². The second-order valence-electron chi connectivity index (χ2n) is 5.37. The molecule has 0 aliphatic rings. The van der Waals surface area contributed by atoms with Crippen LogP contribution in [0.2, 0.25) is 0 Å². The highest BCUT2D eigenvalue weighted by atomic mass is 14.9. The van der Waals surface area contributed by atoms with Gasteiger partial charge >= 0.3 is 0 Å². The van der Waals surface area contributed by atoms with E-state index in [0.717, 1.165) is 17.8 Å². The standard InChI is InChI=1S/C14H23N3/c1-6-11(9-16-14(3,4)5)12-7-10(2)8-13(15)17-12/h6-8,16H,9H2,1-5H3,(H2,15,17)/b11-6-. The van der Waals surface area contributed by atoms with Gasteiger partial charge in [0.2, 0.25) is 0 Å². The molecule has 3 nitrogen and oxygen atoms in total. The first-order valence-corrected chi connectivity index (χ1v) is 5.96. The van der Waals surface area contributed by atoms with Gasteiger partial charge in [-0.05, 0) is 57.9 Å². The fourth-order valence-corrected chi connectivity index (χ4v) is 1.56. The molecular weight excluding hydrogens is 210 g/mol. The van der Waals surface area contributed by atoms with Crippen molar-refractivity contribution in [1.29, 1.82) is 0 Å². The third kappa shape index (κ3) is 4.57. The molecule has 0 atom stereocenters. The van der Waals surface area contributed by atoms with Crippen molar-refractivity contribution in [2.24, 2.45) is 0 Å². The Balaban J connectivity index is 2.88. The highest BCUT2D eigenvalue weighted by Gasteiger charge is 2.11. The summed E-state index contributed by atoms with van der Waals surface area (Å²) in [6, 6.07) is 3.95. The first kappa shape index (κ1) is 13.7. The number of nitrogen functional groups attached to an aromatic ring is 1. The van der Waals surface area contributed by atoms with Crippen molar-refractivity contribution < 1.29 is 0 Å². The average molecular weight is 233 g/mol. The highest BCUT2D eigenvalue weighted by molar-refractivity contribution is 5.65. The minimum Gasteiger partial charge on any atom is -0.384 e. The summed E-state index contributed by atoms with van der Waals surface area (Å²) in [5, 5.41) is 3.46. The van der Waals surface area contributed by atoms with Crippen molar-refractivity contribution in [1.82, 2.24) is 10.3 Å². The van der Waals surface area contributed by atoms with Crippen LogP contribution in [0, 0.1) is 6.92 Å². The summed E-state index contributed by atoms with van der Waals surface area (Å²) in [4.78, 5) is 4.38. The first-order valence-electron chi connectivity index (χ1n) is 5.96. The number of hydrogen-bond acceptors (Lipinski definition) is 3. The van der Waals surface area contributed by atoms with E-state index in [9.17, 15) is 0 Å². The Morgan fingerprint density at radius 1 is 1.41 bits per heavy atom. The summed E-state index contributed by atoms with van der Waals surface area (Å²) in [6.45, 7) is 11.3. The number of aryl methyl sites for hydroxylation is 1. The molecule has 1 heterocycles. The van der Waals surface area contributed by atoms with Crippen molar-refractivity contribution in [3.05, 3.63) is 29.5 Å². The SMILES string of the molecule is C/C=C(/CNC(C)(C)C)c1cc(C)cc(N)n1. The van der Waals surface area contributed by atoms with Crippen LogP contribution in [0.3, 0.4) is 0 Å². The summed E-state index contributed by atoms with van der Waals surface area (Å²) in [6.07, 6.45) is 2.08. The lowest BCUT2D eigenvalue weighted by Crippen LogP contribution is -2.36. The van der Waals surface area contributed by atoms with E-state index in [1.807, 2.05) is 19.9 Å². The second kappa shape index (κ2) is 5.32. The monoisotopic (exact) mass is 233 g/mol. The van der Waals surface area contributed by atoms with Gasteiger partial charge in [-0.15, -0.1) is 0 Å². The fourth-order valence-electron chi connectivity index (χ4n) is 1.56. The van der Waals surface area contributed by atoms with Crippen molar-refractivity contribution in [3.8, 4) is 0 Å². The second-order valence-corrected chi connectivity index (χ2v) is 5.37. The number of pyridine rings is 1. The molecule has 0 aliphatic carbocycles. The van der Waals surface area contributed by atoms with Crippen LogP contribution >= 0.6 is 0 Å². The third-order valence-electron chi connectivity index (χ3n) is 2.48. The van der Waals surface area contributed by atoms with Gasteiger partial charge in [-0.1, -0.05) is 6.08 Å². The molecule has 3 heteroatoms. The van der Waals surface area contributed by atoms with E-state index in [0.29, 0.717) is 5.82 Å². The number of nitrogens with one attached hydrogen (secondary N) is 1. The number of anilines is 1. The van der Waals surface area contributed by atoms with Gasteiger partial charge in [0.15, 0.2) is 0 Å². The van der Waals surface area contributed by atoms with Crippen molar-refractivity contribution in [2.75, 3.05) is 12.3 Å². The highest BCUT2D eigenvalue weighted by Crippen LogP contribution is 2.16. The van der Waals surface area contributed by atoms with E-state index in [4.69, 9.17) is 5.73 Å². The van der Waals surface area contributed by atoms with Gasteiger partial charge in [0.05, 0.1) is 5.69 Å². The number of rotatable bonds is 3. The van der Waals surface area contributed by atoms with Crippen LogP contribution in [0.5, 0.6) is 0 Å². The number of nitrogens with two attached hydrogens (primary N) is 1. The molecule has 0 aliphatic heterocycles. The smallest absolute Gasteiger partial charge is 0.124 e. The van der Waals surface area contributed by atoms with Gasteiger partial charge < -0.3 is 11.1 Å². The zero-order valence-electron chi connectivity index (χ0n) is 11.5. The predicted molar refractivity (Wildman–Crippen MR) is 74.8 cm³/mol. The van der Waals surface area contributed by atoms with E-state index in [1.54, 1.807) is 0 Å². The zero-order chi connectivity index (χ0) is 13.1. The Labute approximate surface area is 104 Å². The van der Waals surface area contributed by atoms with Gasteiger partial charge in [-0.2, -0.15) is 0 Å². The van der Waals surface area contributed by atoms with Crippen LogP contribution in [0.4, 0.5) is 5.82 Å². The van der Waals surface area contributed by atoms with E-state index in [2.05, 4.69) is 43.2 Å². The minimum absolute atomic E-state index is 0.101. The van der Waals surface area contributed by atoms with Crippen molar-refractivity contribution in [3.63, 3.8) is 0 Å². The van der Waals surface area contributed by atoms with Gasteiger partial charge in [-0.3, -0.25) is 0 Å². The lowest BCUT2D eigenvalue weighted by Gasteiger charge is -2.21. The quantitative estimate of drug-likeness (QED) is 0.844. The molecule has 0 amide bonds. The summed E-state index contributed by atoms with van der Waals surface area (Å²) >= 11 is 0. The average Bonchev–Trinajstić information content (AvgIpc) is 2.15. The Kier molecular flexibility index (Phi) is 4.29. The largest absolute Gasteiger partial charge is 0.384 e. The molecule has 1 aromatic rings. The molecule has 0 aromatic carbocycles. The number of hydrogen-bond donors (Lipinski definition) is 2. The van der Waals surface area contributed by atoms with Crippen LogP contribution < -0.4 is 11.1 Å². The van der Waals surface area contributed by atoms with E-state index in [-0.39, 0.29) is 5.54 Å². The Hall–Kier alpha value is -1.35. The zero-order valence-corrected chi connectivity index (χ0v) is 11.5. The number of allylic oxidation sites excluding steroid dienone is 1. The Morgan fingerprint density at radius 3 is 2.53 bits per heavy atom. The maximum atomic E-state index is 5.78. The summed E-state index contributed by atoms with van der Waals surface area (Å²) in [7, 11) is 0. The Morgan fingerprint density at radius 2 is 2.06 bits per heavy atom. The normalized spacial score (nSPS) is 12.9. The lowest BCUT2D eigenvalue weighted by atomic mass is 10.1. The van der Waals surface area contributed by atoms with Crippen LogP contribution in [-0.2, 0) is 0 Å². The molecular formula is C14H23N3. The van der Waals surface area contributed by atoms with Gasteiger partial charge in [-0.25, -0.2) is 4.98 Å². The van der Waals surface area contributed by atoms with E-state index < -0.39 is 0 Å². The van der Waals surface area contributed by atoms with Gasteiger partial charge in [0.25, 0.3) is 0 Å². The molecule has 0 saturated heterocycles. The van der Waals surface area contributed by atoms with Crippen LogP contribution in [0.1, 0.15) is 39.0 Å². The van der Waals surface area contributed by atoms with Crippen LogP contribution in [0.15, 0.2) is 18.2 Å². The first-order chi connectivity index (χ1) is 7.81. The molecule has 0 saturated carbocycles. The summed E-state index contributed by atoms with van der Waals surface area (Å²) in [5.74, 6) is 0.579. The van der Waals surface area contributed by atoms with Gasteiger partial charge in [0, 0.05) is 12.1 Å². The van der Waals surface area contributed by atoms with Gasteiger partial charge in [0.1, 0.15) is 5.82 Å². The predicted octanol–water partition coefficient (Wildman–Crippen LogP) is 2.76. The maximum Gasteiger partial charge on any atom is 0.124 e.